The summed E-state index contributed by atoms with van der Waals surface area (Å²) in [6.45, 7) is 1.42. The molecule has 1 fully saturated rings. The molecule has 5 rings (SSSR count). The summed E-state index contributed by atoms with van der Waals surface area (Å²) < 4.78 is 0. The topological polar surface area (TPSA) is 394 Å². The molecule has 0 spiro atoms. The van der Waals surface area contributed by atoms with Crippen molar-refractivity contribution in [2.75, 3.05) is 25.1 Å². The number of amides is 9. The standard InChI is InChI=1S/C54H68ClN11O12S2/c1-29(67)45-53(77)64-43(51(75)61-40(47(59)71)24-32-10-18-36(68)19-11-32)27-79-80-28-44(66(2)54(78)38(57)23-30-8-16-35(55)17-9-30)52(76)63-42(26-33-12-20-37(69)21-13-33)50(74)62-41(25-31-6-14-34(15-7-31)46(58)70)49(73)60-39(48(72)65-45)5-3-4-22-56/h6-21,29,38-45,67-69H,3-5,22-28,56-57H2,1-2H3,(H2,58,70)(H2,59,71)(H,60,73)(H,61,75)(H,62,74)(H,63,76)(H,64,77)(H,65,72)/t29-,38+,39+,40-,41-,42+,43+,44-,45+/m1/s1. The number of benzene rings is 4. The molecule has 1 saturated heterocycles. The fraction of sp³-hybridized carbons (Fsp3) is 0.389. The number of rotatable bonds is 19. The summed E-state index contributed by atoms with van der Waals surface area (Å²) in [6, 6.07) is 12.4. The van der Waals surface area contributed by atoms with Crippen molar-refractivity contribution >= 4 is 86.4 Å². The molecular formula is C54H68ClN11O12S2. The zero-order valence-electron chi connectivity index (χ0n) is 44.0. The molecule has 1 aliphatic rings. The second kappa shape index (κ2) is 30.8. The first-order chi connectivity index (χ1) is 38.0. The molecule has 430 valence electrons. The van der Waals surface area contributed by atoms with E-state index in [-0.39, 0.29) is 73.6 Å². The van der Waals surface area contributed by atoms with Crippen molar-refractivity contribution in [3.8, 4) is 11.5 Å². The minimum Gasteiger partial charge on any atom is -0.508 e. The van der Waals surface area contributed by atoms with Crippen molar-refractivity contribution in [2.45, 2.75) is 106 Å². The number of aliphatic hydroxyl groups is 1. The Kier molecular flexibility index (Phi) is 24.4. The average molecular weight is 1160 g/mol. The second-order valence-corrected chi connectivity index (χ2v) is 22.2. The first kappa shape index (κ1) is 63.4. The Morgan fingerprint density at radius 1 is 0.662 bits per heavy atom. The molecule has 1 heterocycles. The van der Waals surface area contributed by atoms with Gasteiger partial charge in [-0.3, -0.25) is 43.2 Å². The molecule has 0 bridgehead atoms. The number of nitrogens with zero attached hydrogens (tertiary/aromatic N) is 1. The summed E-state index contributed by atoms with van der Waals surface area (Å²) in [7, 11) is 3.29. The number of nitrogens with two attached hydrogens (primary N) is 4. The molecule has 0 aromatic heterocycles. The van der Waals surface area contributed by atoms with Crippen molar-refractivity contribution in [1.82, 2.24) is 36.8 Å². The lowest BCUT2D eigenvalue weighted by Gasteiger charge is -2.31. The molecule has 0 radical (unpaired) electrons. The number of halogens is 1. The highest BCUT2D eigenvalue weighted by molar-refractivity contribution is 8.76. The van der Waals surface area contributed by atoms with E-state index in [1.807, 2.05) is 0 Å². The lowest BCUT2D eigenvalue weighted by Crippen LogP contribution is -2.62. The van der Waals surface area contributed by atoms with Gasteiger partial charge in [-0.25, -0.2) is 0 Å². The number of carbonyl (C=O) groups is 9. The van der Waals surface area contributed by atoms with Crippen LogP contribution < -0.4 is 54.8 Å². The third kappa shape index (κ3) is 19.4. The summed E-state index contributed by atoms with van der Waals surface area (Å²) in [4.78, 5) is 127. The smallest absolute Gasteiger partial charge is 0.248 e. The minimum atomic E-state index is -1.76. The molecule has 0 aliphatic carbocycles. The molecule has 17 N–H and O–H groups in total. The van der Waals surface area contributed by atoms with Gasteiger partial charge in [0.05, 0.1) is 12.1 Å². The summed E-state index contributed by atoms with van der Waals surface area (Å²) in [6.07, 6.45) is -1.56. The van der Waals surface area contributed by atoms with E-state index < -0.39 is 108 Å². The Hall–Kier alpha value is -7.42. The van der Waals surface area contributed by atoms with E-state index in [9.17, 15) is 58.5 Å². The van der Waals surface area contributed by atoms with Crippen molar-refractivity contribution in [2.24, 2.45) is 22.9 Å². The Bertz CT molecular complexity index is 2800. The van der Waals surface area contributed by atoms with Crippen LogP contribution in [0.15, 0.2) is 97.1 Å². The maximum absolute atomic E-state index is 14.9. The average Bonchev–Trinajstić information content (AvgIpc) is 3.42. The van der Waals surface area contributed by atoms with Crippen LogP contribution in [0.25, 0.3) is 0 Å². The van der Waals surface area contributed by atoms with Crippen LogP contribution in [0, 0.1) is 0 Å². The molecule has 23 nitrogen and oxygen atoms in total. The Balaban J connectivity index is 1.60. The van der Waals surface area contributed by atoms with E-state index in [0.717, 1.165) is 26.5 Å². The number of hydrogen-bond acceptors (Lipinski definition) is 16. The minimum absolute atomic E-state index is 0.0362. The third-order valence-corrected chi connectivity index (χ3v) is 15.6. The first-order valence-corrected chi connectivity index (χ1v) is 28.3. The number of unbranched alkanes of at least 4 members (excludes halogenated alkanes) is 1. The Morgan fingerprint density at radius 2 is 1.15 bits per heavy atom. The number of nitrogens with one attached hydrogen (secondary N) is 6. The lowest BCUT2D eigenvalue weighted by molar-refractivity contribution is -0.140. The van der Waals surface area contributed by atoms with Crippen molar-refractivity contribution in [1.29, 1.82) is 0 Å². The summed E-state index contributed by atoms with van der Waals surface area (Å²) in [5, 5.41) is 47.2. The highest BCUT2D eigenvalue weighted by Crippen LogP contribution is 2.26. The summed E-state index contributed by atoms with van der Waals surface area (Å²) >= 11 is 6.09. The molecule has 4 aromatic carbocycles. The number of aliphatic hydroxyl groups excluding tert-OH is 1. The van der Waals surface area contributed by atoms with E-state index in [1.54, 1.807) is 24.3 Å². The van der Waals surface area contributed by atoms with E-state index in [0.29, 0.717) is 33.7 Å². The number of hydrogen-bond donors (Lipinski definition) is 13. The molecule has 9 atom stereocenters. The van der Waals surface area contributed by atoms with Gasteiger partial charge in [-0.1, -0.05) is 81.7 Å². The van der Waals surface area contributed by atoms with Gasteiger partial charge in [-0.2, -0.15) is 0 Å². The van der Waals surface area contributed by atoms with Crippen molar-refractivity contribution in [3.63, 3.8) is 0 Å². The molecule has 80 heavy (non-hydrogen) atoms. The van der Waals surface area contributed by atoms with Crippen LogP contribution in [0.2, 0.25) is 5.02 Å². The van der Waals surface area contributed by atoms with Crippen LogP contribution in [0.1, 0.15) is 58.8 Å². The zero-order chi connectivity index (χ0) is 58.6. The molecule has 0 saturated carbocycles. The SMILES string of the molecule is C[C@@H](O)[C@@H]1NC(=O)[C@H](CCCCN)NC(=O)[C@@H](Cc2ccc(C(N)=O)cc2)NC(=O)[C@H](Cc2ccc(O)cc2)NC(=O)[C@H](N(C)C(=O)[C@@H](N)Cc2ccc(Cl)cc2)CSSC[C@@H](C(=O)N[C@H](Cc2ccc(O)cc2)C(N)=O)NC1=O. The molecule has 26 heteroatoms. The van der Waals surface area contributed by atoms with E-state index in [2.05, 4.69) is 31.9 Å². The first-order valence-electron chi connectivity index (χ1n) is 25.5. The van der Waals surface area contributed by atoms with Gasteiger partial charge >= 0.3 is 0 Å². The van der Waals surface area contributed by atoms with Gasteiger partial charge in [0.1, 0.15) is 53.8 Å². The van der Waals surface area contributed by atoms with Gasteiger partial charge in [-0.15, -0.1) is 0 Å². The number of aromatic hydroxyl groups is 2. The number of phenols is 2. The maximum Gasteiger partial charge on any atom is 0.248 e. The molecule has 9 amide bonds. The van der Waals surface area contributed by atoms with Gasteiger partial charge in [0.15, 0.2) is 0 Å². The number of primary amides is 2. The van der Waals surface area contributed by atoms with Crippen LogP contribution >= 0.6 is 33.2 Å². The highest BCUT2D eigenvalue weighted by Gasteiger charge is 2.37. The largest absolute Gasteiger partial charge is 0.508 e. The quantitative estimate of drug-likeness (QED) is 0.0419. The Labute approximate surface area is 475 Å². The molecule has 0 unspecified atom stereocenters. The van der Waals surface area contributed by atoms with Gasteiger partial charge in [0, 0.05) is 48.4 Å². The lowest BCUT2D eigenvalue weighted by atomic mass is 10.00. The molecular weight excluding hydrogens is 1090 g/mol. The van der Waals surface area contributed by atoms with Crippen molar-refractivity contribution in [3.05, 3.63) is 130 Å². The number of phenolic OH excluding ortho intramolecular Hbond substituents is 2. The predicted molar refractivity (Wildman–Crippen MR) is 302 cm³/mol. The van der Waals surface area contributed by atoms with Crippen LogP contribution in [0.4, 0.5) is 0 Å². The van der Waals surface area contributed by atoms with Crippen LogP contribution in [0.5, 0.6) is 11.5 Å². The number of carbonyl (C=O) groups excluding carboxylic acids is 9. The zero-order valence-corrected chi connectivity index (χ0v) is 46.4. The highest BCUT2D eigenvalue weighted by atomic mass is 35.5. The predicted octanol–water partition coefficient (Wildman–Crippen LogP) is -0.426. The van der Waals surface area contributed by atoms with E-state index in [4.69, 9.17) is 34.5 Å². The molecule has 1 aliphatic heterocycles. The van der Waals surface area contributed by atoms with Crippen molar-refractivity contribution < 1.29 is 58.5 Å². The third-order valence-electron chi connectivity index (χ3n) is 13.0. The summed E-state index contributed by atoms with van der Waals surface area (Å²) in [5.74, 6) is -8.62. The summed E-state index contributed by atoms with van der Waals surface area (Å²) in [5.41, 5.74) is 25.7. The normalized spacial score (nSPS) is 20.9. The second-order valence-electron chi connectivity index (χ2n) is 19.2. The Morgan fingerprint density at radius 3 is 1.69 bits per heavy atom. The van der Waals surface area contributed by atoms with Crippen LogP contribution in [-0.4, -0.2) is 153 Å². The van der Waals surface area contributed by atoms with Crippen LogP contribution in [-0.2, 0) is 64.0 Å². The van der Waals surface area contributed by atoms with Gasteiger partial charge < -0.3 is 75.1 Å². The van der Waals surface area contributed by atoms with Gasteiger partial charge in [0.2, 0.25) is 53.2 Å². The van der Waals surface area contributed by atoms with Crippen LogP contribution in [0.3, 0.4) is 0 Å². The molecule has 4 aromatic rings. The maximum atomic E-state index is 14.9. The monoisotopic (exact) mass is 1160 g/mol. The van der Waals surface area contributed by atoms with Gasteiger partial charge in [-0.05, 0) is 110 Å². The van der Waals surface area contributed by atoms with E-state index >= 15 is 0 Å². The van der Waals surface area contributed by atoms with Gasteiger partial charge in [0.25, 0.3) is 0 Å². The number of likely N-dealkylation sites (N-methyl/N-ethyl adjacent to an activating group) is 1. The fourth-order valence-corrected chi connectivity index (χ4v) is 10.9. The fourth-order valence-electron chi connectivity index (χ4n) is 8.34. The van der Waals surface area contributed by atoms with E-state index in [1.165, 1.54) is 86.8 Å².